The number of nitrogens with one attached hydrogen (secondary N) is 1. The van der Waals surface area contributed by atoms with Gasteiger partial charge in [0.1, 0.15) is 30.9 Å². The van der Waals surface area contributed by atoms with Gasteiger partial charge in [-0.3, -0.25) is 0 Å². The van der Waals surface area contributed by atoms with Crippen molar-refractivity contribution in [3.8, 4) is 47.6 Å². The Kier molecular flexibility index (Phi) is 4.08. The first-order chi connectivity index (χ1) is 11.3. The minimum Gasteiger partial charge on any atom is -0.477 e. The van der Waals surface area contributed by atoms with E-state index in [2.05, 4.69) is 31.8 Å². The number of H-pyrrole nitrogens is 1. The van der Waals surface area contributed by atoms with Crippen LogP contribution in [0.2, 0.25) is 0 Å². The largest absolute Gasteiger partial charge is 0.477 e. The number of aromatic amines is 1. The van der Waals surface area contributed by atoms with E-state index in [-0.39, 0.29) is 13.2 Å². The molecule has 6 nitrogen and oxygen atoms in total. The zero-order valence-electron chi connectivity index (χ0n) is 12.1. The van der Waals surface area contributed by atoms with E-state index in [1.165, 1.54) is 6.33 Å². The highest BCUT2D eigenvalue weighted by Crippen LogP contribution is 2.32. The monoisotopic (exact) mass is 304 g/mol. The summed E-state index contributed by atoms with van der Waals surface area (Å²) >= 11 is 0. The molecule has 0 aliphatic rings. The van der Waals surface area contributed by atoms with Crippen LogP contribution in [-0.2, 0) is 0 Å². The van der Waals surface area contributed by atoms with E-state index in [1.807, 2.05) is 6.07 Å². The predicted octanol–water partition coefficient (Wildman–Crippen LogP) is 2.04. The minimum atomic E-state index is 0.126. The first-order valence-corrected chi connectivity index (χ1v) is 6.74. The molecular weight excluding hydrogens is 292 g/mol. The summed E-state index contributed by atoms with van der Waals surface area (Å²) < 4.78 is 11.0. The SMILES string of the molecule is C#CCOc1ccc(-c2nc3cncnc3[nH]2)cc1OCC#C. The van der Waals surface area contributed by atoms with Crippen LogP contribution in [0.3, 0.4) is 0 Å². The molecule has 3 rings (SSSR count). The molecule has 2 aromatic heterocycles. The number of aromatic nitrogens is 4. The molecule has 0 unspecified atom stereocenters. The van der Waals surface area contributed by atoms with E-state index in [0.29, 0.717) is 28.5 Å². The quantitative estimate of drug-likeness (QED) is 0.730. The highest BCUT2D eigenvalue weighted by Gasteiger charge is 2.11. The second-order valence-electron chi connectivity index (χ2n) is 4.49. The molecule has 23 heavy (non-hydrogen) atoms. The van der Waals surface area contributed by atoms with Gasteiger partial charge in [0.15, 0.2) is 17.1 Å². The highest BCUT2D eigenvalue weighted by molar-refractivity contribution is 5.75. The average Bonchev–Trinajstić information content (AvgIpc) is 3.02. The van der Waals surface area contributed by atoms with Crippen molar-refractivity contribution in [2.45, 2.75) is 0 Å². The van der Waals surface area contributed by atoms with Crippen molar-refractivity contribution in [3.63, 3.8) is 0 Å². The van der Waals surface area contributed by atoms with E-state index >= 15 is 0 Å². The lowest BCUT2D eigenvalue weighted by Crippen LogP contribution is -2.00. The Morgan fingerprint density at radius 3 is 2.61 bits per heavy atom. The van der Waals surface area contributed by atoms with Crippen LogP contribution >= 0.6 is 0 Å². The Morgan fingerprint density at radius 2 is 1.87 bits per heavy atom. The number of benzene rings is 1. The summed E-state index contributed by atoms with van der Waals surface area (Å²) in [5, 5.41) is 0. The van der Waals surface area contributed by atoms with Gasteiger partial charge in [0.25, 0.3) is 0 Å². The van der Waals surface area contributed by atoms with E-state index in [0.717, 1.165) is 5.56 Å². The fourth-order valence-corrected chi connectivity index (χ4v) is 2.02. The molecule has 1 aromatic carbocycles. The maximum Gasteiger partial charge on any atom is 0.163 e. The van der Waals surface area contributed by atoms with Crippen LogP contribution in [-0.4, -0.2) is 33.1 Å². The Balaban J connectivity index is 1.99. The third-order valence-electron chi connectivity index (χ3n) is 3.00. The number of ether oxygens (including phenoxy) is 2. The zero-order chi connectivity index (χ0) is 16.1. The second kappa shape index (κ2) is 6.50. The molecule has 0 amide bonds. The number of fused-ring (bicyclic) bond motifs is 1. The van der Waals surface area contributed by atoms with Crippen molar-refractivity contribution in [3.05, 3.63) is 30.7 Å². The van der Waals surface area contributed by atoms with Crippen molar-refractivity contribution in [1.82, 2.24) is 19.9 Å². The maximum absolute atomic E-state index is 5.52. The van der Waals surface area contributed by atoms with Gasteiger partial charge in [-0.1, -0.05) is 11.8 Å². The Hall–Kier alpha value is -3.51. The Bertz CT molecular complexity index is 885. The van der Waals surface area contributed by atoms with Gasteiger partial charge in [0, 0.05) is 5.56 Å². The van der Waals surface area contributed by atoms with Gasteiger partial charge in [-0.05, 0) is 18.2 Å². The molecule has 0 fully saturated rings. The van der Waals surface area contributed by atoms with Crippen molar-refractivity contribution in [2.24, 2.45) is 0 Å². The van der Waals surface area contributed by atoms with Gasteiger partial charge in [-0.25, -0.2) is 15.0 Å². The molecule has 2 heterocycles. The normalized spacial score (nSPS) is 10.0. The number of nitrogens with zero attached hydrogens (tertiary/aromatic N) is 3. The second-order valence-corrected chi connectivity index (χ2v) is 4.49. The first kappa shape index (κ1) is 14.4. The molecule has 1 N–H and O–H groups in total. The fourth-order valence-electron chi connectivity index (χ4n) is 2.02. The topological polar surface area (TPSA) is 72.9 Å². The zero-order valence-corrected chi connectivity index (χ0v) is 12.1. The summed E-state index contributed by atoms with van der Waals surface area (Å²) in [6, 6.07) is 5.39. The summed E-state index contributed by atoms with van der Waals surface area (Å²) in [5.41, 5.74) is 2.15. The van der Waals surface area contributed by atoms with Gasteiger partial charge in [-0.2, -0.15) is 0 Å². The van der Waals surface area contributed by atoms with Crippen LogP contribution in [0.15, 0.2) is 30.7 Å². The fraction of sp³-hybridized carbons (Fsp3) is 0.118. The van der Waals surface area contributed by atoms with Gasteiger partial charge in [0.2, 0.25) is 0 Å². The van der Waals surface area contributed by atoms with E-state index in [9.17, 15) is 0 Å². The van der Waals surface area contributed by atoms with Crippen LogP contribution < -0.4 is 9.47 Å². The average molecular weight is 304 g/mol. The number of imidazole rings is 1. The lowest BCUT2D eigenvalue weighted by Gasteiger charge is -2.11. The predicted molar refractivity (Wildman–Crippen MR) is 85.8 cm³/mol. The van der Waals surface area contributed by atoms with Crippen molar-refractivity contribution < 1.29 is 9.47 Å². The third kappa shape index (κ3) is 3.07. The molecule has 0 saturated carbocycles. The Labute approximate surface area is 132 Å². The molecule has 3 aromatic rings. The molecule has 0 spiro atoms. The molecule has 0 bridgehead atoms. The van der Waals surface area contributed by atoms with Crippen LogP contribution in [0.25, 0.3) is 22.6 Å². The van der Waals surface area contributed by atoms with Gasteiger partial charge in [-0.15, -0.1) is 12.8 Å². The van der Waals surface area contributed by atoms with E-state index in [1.54, 1.807) is 18.3 Å². The van der Waals surface area contributed by atoms with E-state index in [4.69, 9.17) is 22.3 Å². The summed E-state index contributed by atoms with van der Waals surface area (Å²) in [4.78, 5) is 15.6. The van der Waals surface area contributed by atoms with Crippen LogP contribution in [0.5, 0.6) is 11.5 Å². The third-order valence-corrected chi connectivity index (χ3v) is 3.00. The van der Waals surface area contributed by atoms with Crippen molar-refractivity contribution in [2.75, 3.05) is 13.2 Å². The van der Waals surface area contributed by atoms with Gasteiger partial charge < -0.3 is 14.5 Å². The molecular formula is C17H12N4O2. The highest BCUT2D eigenvalue weighted by atomic mass is 16.5. The maximum atomic E-state index is 5.52. The molecule has 0 radical (unpaired) electrons. The van der Waals surface area contributed by atoms with E-state index < -0.39 is 0 Å². The smallest absolute Gasteiger partial charge is 0.163 e. The molecule has 0 aliphatic heterocycles. The van der Waals surface area contributed by atoms with Gasteiger partial charge in [0.05, 0.1) is 6.20 Å². The Morgan fingerprint density at radius 1 is 1.09 bits per heavy atom. The number of terminal acetylenes is 2. The van der Waals surface area contributed by atoms with Crippen molar-refractivity contribution >= 4 is 11.2 Å². The van der Waals surface area contributed by atoms with Crippen LogP contribution in [0, 0.1) is 24.7 Å². The number of hydrogen-bond acceptors (Lipinski definition) is 5. The number of rotatable bonds is 5. The molecule has 112 valence electrons. The molecule has 0 aliphatic carbocycles. The van der Waals surface area contributed by atoms with Crippen LogP contribution in [0.1, 0.15) is 0 Å². The summed E-state index contributed by atoms with van der Waals surface area (Å²) in [6.45, 7) is 0.271. The lowest BCUT2D eigenvalue weighted by molar-refractivity contribution is 0.315. The molecule has 0 saturated heterocycles. The first-order valence-electron chi connectivity index (χ1n) is 6.74. The standard InChI is InChI=1S/C17H12N4O2/c1-3-7-22-14-6-5-12(9-15(14)23-8-4-2)16-20-13-10-18-11-19-17(13)21-16/h1-2,5-6,9-11H,7-8H2,(H,18,19,20,21). The summed E-state index contributed by atoms with van der Waals surface area (Å²) in [6.07, 6.45) is 13.6. The minimum absolute atomic E-state index is 0.126. The van der Waals surface area contributed by atoms with Crippen LogP contribution in [0.4, 0.5) is 0 Å². The molecule has 6 heteroatoms. The summed E-state index contributed by atoms with van der Waals surface area (Å²) in [5.74, 6) is 6.51. The summed E-state index contributed by atoms with van der Waals surface area (Å²) in [7, 11) is 0. The number of hydrogen-bond donors (Lipinski definition) is 1. The lowest BCUT2D eigenvalue weighted by atomic mass is 10.2. The van der Waals surface area contributed by atoms with Crippen molar-refractivity contribution in [1.29, 1.82) is 0 Å². The van der Waals surface area contributed by atoms with Gasteiger partial charge >= 0.3 is 0 Å². The molecule has 0 atom stereocenters.